The molecule has 0 bridgehead atoms. The standard InChI is InChI=1S/C10H11F3N6/c1-3-14-8-4-6(7-5-15-18-19(7)2)16-9(17-8)10(11,12)13/h4-5H,3H2,1-2H3,(H,14,16,17). The molecule has 0 aliphatic heterocycles. The normalized spacial score (nSPS) is 11.6. The first kappa shape index (κ1) is 13.2. The van der Waals surface area contributed by atoms with E-state index in [-0.39, 0.29) is 11.5 Å². The van der Waals surface area contributed by atoms with E-state index in [0.717, 1.165) is 0 Å². The maximum atomic E-state index is 12.7. The van der Waals surface area contributed by atoms with Crippen molar-refractivity contribution in [2.24, 2.45) is 7.05 Å². The Morgan fingerprint density at radius 1 is 1.32 bits per heavy atom. The molecule has 9 heteroatoms. The number of halogens is 3. The van der Waals surface area contributed by atoms with Gasteiger partial charge in [-0.1, -0.05) is 5.21 Å². The Morgan fingerprint density at radius 3 is 2.58 bits per heavy atom. The highest BCUT2D eigenvalue weighted by Crippen LogP contribution is 2.29. The van der Waals surface area contributed by atoms with Gasteiger partial charge in [0.2, 0.25) is 5.82 Å². The molecule has 0 atom stereocenters. The molecule has 0 amide bonds. The maximum Gasteiger partial charge on any atom is 0.451 e. The van der Waals surface area contributed by atoms with Gasteiger partial charge in [-0.3, -0.25) is 0 Å². The minimum Gasteiger partial charge on any atom is -0.370 e. The third-order valence-corrected chi connectivity index (χ3v) is 2.31. The summed E-state index contributed by atoms with van der Waals surface area (Å²) in [6.45, 7) is 2.22. The number of aromatic nitrogens is 5. The van der Waals surface area contributed by atoms with Gasteiger partial charge in [0.1, 0.15) is 11.5 Å². The highest BCUT2D eigenvalue weighted by atomic mass is 19.4. The van der Waals surface area contributed by atoms with Crippen molar-refractivity contribution in [2.75, 3.05) is 11.9 Å². The van der Waals surface area contributed by atoms with E-state index >= 15 is 0 Å². The second-order valence-corrected chi connectivity index (χ2v) is 3.73. The molecule has 19 heavy (non-hydrogen) atoms. The molecule has 2 rings (SSSR count). The van der Waals surface area contributed by atoms with Crippen molar-refractivity contribution in [1.82, 2.24) is 25.0 Å². The third-order valence-electron chi connectivity index (χ3n) is 2.31. The molecule has 2 aromatic heterocycles. The van der Waals surface area contributed by atoms with Crippen molar-refractivity contribution in [3.05, 3.63) is 18.1 Å². The molecule has 0 aromatic carbocycles. The van der Waals surface area contributed by atoms with Crippen molar-refractivity contribution in [3.8, 4) is 11.4 Å². The van der Waals surface area contributed by atoms with Crippen molar-refractivity contribution in [1.29, 1.82) is 0 Å². The molecule has 1 N–H and O–H groups in total. The molecular formula is C10H11F3N6. The monoisotopic (exact) mass is 272 g/mol. The Labute approximate surface area is 106 Å². The number of aryl methyl sites for hydroxylation is 1. The van der Waals surface area contributed by atoms with Gasteiger partial charge < -0.3 is 5.32 Å². The van der Waals surface area contributed by atoms with Crippen LogP contribution in [0, 0.1) is 0 Å². The number of nitrogens with zero attached hydrogens (tertiary/aromatic N) is 5. The van der Waals surface area contributed by atoms with Crippen molar-refractivity contribution >= 4 is 5.82 Å². The Balaban J connectivity index is 2.55. The van der Waals surface area contributed by atoms with Crippen LogP contribution in [-0.2, 0) is 13.2 Å². The van der Waals surface area contributed by atoms with Crippen molar-refractivity contribution in [2.45, 2.75) is 13.1 Å². The molecule has 2 heterocycles. The highest BCUT2D eigenvalue weighted by molar-refractivity contribution is 5.58. The number of hydrogen-bond donors (Lipinski definition) is 1. The van der Waals surface area contributed by atoms with Crippen molar-refractivity contribution in [3.63, 3.8) is 0 Å². The molecule has 6 nitrogen and oxygen atoms in total. The summed E-state index contributed by atoms with van der Waals surface area (Å²) in [6.07, 6.45) is -3.26. The second kappa shape index (κ2) is 4.82. The van der Waals surface area contributed by atoms with Crippen LogP contribution in [0.4, 0.5) is 19.0 Å². The topological polar surface area (TPSA) is 68.5 Å². The van der Waals surface area contributed by atoms with Gasteiger partial charge in [-0.25, -0.2) is 14.6 Å². The summed E-state index contributed by atoms with van der Waals surface area (Å²) in [5.74, 6) is -1.08. The van der Waals surface area contributed by atoms with Crippen LogP contribution in [-0.4, -0.2) is 31.5 Å². The number of alkyl halides is 3. The van der Waals surface area contributed by atoms with E-state index in [9.17, 15) is 13.2 Å². The quantitative estimate of drug-likeness (QED) is 0.921. The predicted molar refractivity (Wildman–Crippen MR) is 61.2 cm³/mol. The summed E-state index contributed by atoms with van der Waals surface area (Å²) in [6, 6.07) is 1.43. The lowest BCUT2D eigenvalue weighted by Crippen LogP contribution is -2.14. The first-order chi connectivity index (χ1) is 8.91. The number of nitrogens with one attached hydrogen (secondary N) is 1. The van der Waals surface area contributed by atoms with E-state index in [1.807, 2.05) is 0 Å². The number of rotatable bonds is 3. The smallest absolute Gasteiger partial charge is 0.370 e. The molecular weight excluding hydrogens is 261 g/mol. The van der Waals surface area contributed by atoms with E-state index in [0.29, 0.717) is 12.2 Å². The lowest BCUT2D eigenvalue weighted by Gasteiger charge is -2.10. The Hall–Kier alpha value is -2.19. The molecule has 0 aliphatic rings. The maximum absolute atomic E-state index is 12.7. The summed E-state index contributed by atoms with van der Waals surface area (Å²) in [7, 11) is 1.57. The Bertz CT molecular complexity index is 577. The molecule has 0 aliphatic carbocycles. The molecule has 102 valence electrons. The van der Waals surface area contributed by atoms with Crippen LogP contribution >= 0.6 is 0 Å². The summed E-state index contributed by atoms with van der Waals surface area (Å²) >= 11 is 0. The van der Waals surface area contributed by atoms with Crippen LogP contribution in [0.2, 0.25) is 0 Å². The largest absolute Gasteiger partial charge is 0.451 e. The van der Waals surface area contributed by atoms with E-state index in [2.05, 4.69) is 25.6 Å². The molecule has 0 radical (unpaired) electrons. The van der Waals surface area contributed by atoms with Gasteiger partial charge in [0.05, 0.1) is 11.9 Å². The fraction of sp³-hybridized carbons (Fsp3) is 0.400. The molecule has 0 fully saturated rings. The minimum atomic E-state index is -4.60. The summed E-state index contributed by atoms with van der Waals surface area (Å²) < 4.78 is 39.6. The van der Waals surface area contributed by atoms with E-state index in [1.54, 1.807) is 14.0 Å². The summed E-state index contributed by atoms with van der Waals surface area (Å²) in [5, 5.41) is 10.0. The van der Waals surface area contributed by atoms with E-state index in [1.165, 1.54) is 16.9 Å². The lowest BCUT2D eigenvalue weighted by atomic mass is 10.3. The molecule has 0 saturated heterocycles. The van der Waals surface area contributed by atoms with Crippen LogP contribution in [0.3, 0.4) is 0 Å². The van der Waals surface area contributed by atoms with Crippen LogP contribution < -0.4 is 5.32 Å². The molecule has 0 unspecified atom stereocenters. The highest BCUT2D eigenvalue weighted by Gasteiger charge is 2.35. The zero-order valence-electron chi connectivity index (χ0n) is 10.2. The van der Waals surface area contributed by atoms with Gasteiger partial charge in [-0.15, -0.1) is 5.10 Å². The van der Waals surface area contributed by atoms with Gasteiger partial charge in [0.15, 0.2) is 0 Å². The zero-order chi connectivity index (χ0) is 14.0. The second-order valence-electron chi connectivity index (χ2n) is 3.73. The van der Waals surface area contributed by atoms with Crippen LogP contribution in [0.25, 0.3) is 11.4 Å². The summed E-state index contributed by atoms with van der Waals surface area (Å²) in [5.41, 5.74) is 0.498. The lowest BCUT2D eigenvalue weighted by molar-refractivity contribution is -0.144. The average molecular weight is 272 g/mol. The fourth-order valence-corrected chi connectivity index (χ4v) is 1.50. The molecule has 2 aromatic rings. The van der Waals surface area contributed by atoms with Gasteiger partial charge in [0.25, 0.3) is 0 Å². The van der Waals surface area contributed by atoms with Gasteiger partial charge in [0, 0.05) is 19.7 Å². The predicted octanol–water partition coefficient (Wildman–Crippen LogP) is 1.72. The number of hydrogen-bond acceptors (Lipinski definition) is 5. The van der Waals surface area contributed by atoms with Crippen molar-refractivity contribution < 1.29 is 13.2 Å². The SMILES string of the molecule is CCNc1cc(-c2cnnn2C)nc(C(F)(F)F)n1. The van der Waals surface area contributed by atoms with Crippen LogP contribution in [0.15, 0.2) is 12.3 Å². The Morgan fingerprint density at radius 2 is 2.05 bits per heavy atom. The zero-order valence-corrected chi connectivity index (χ0v) is 10.2. The van der Waals surface area contributed by atoms with Gasteiger partial charge >= 0.3 is 6.18 Å². The van der Waals surface area contributed by atoms with E-state index in [4.69, 9.17) is 0 Å². The van der Waals surface area contributed by atoms with E-state index < -0.39 is 12.0 Å². The number of anilines is 1. The average Bonchev–Trinajstić information content (AvgIpc) is 2.74. The first-order valence-corrected chi connectivity index (χ1v) is 5.47. The fourth-order valence-electron chi connectivity index (χ4n) is 1.50. The third kappa shape index (κ3) is 2.80. The Kier molecular flexibility index (Phi) is 3.36. The van der Waals surface area contributed by atoms with Crippen LogP contribution in [0.1, 0.15) is 12.7 Å². The molecule has 0 spiro atoms. The summed E-state index contributed by atoms with van der Waals surface area (Å²) in [4.78, 5) is 6.95. The van der Waals surface area contributed by atoms with Gasteiger partial charge in [-0.2, -0.15) is 13.2 Å². The first-order valence-electron chi connectivity index (χ1n) is 5.47. The minimum absolute atomic E-state index is 0.112. The van der Waals surface area contributed by atoms with Gasteiger partial charge in [-0.05, 0) is 6.92 Å². The molecule has 0 saturated carbocycles. The van der Waals surface area contributed by atoms with Crippen LogP contribution in [0.5, 0.6) is 0 Å².